The van der Waals surface area contributed by atoms with E-state index in [2.05, 4.69) is 25.4 Å². The second-order valence-electron chi connectivity index (χ2n) is 5.34. The topological polar surface area (TPSA) is 84.2 Å². The molecule has 7 nitrogen and oxygen atoms in total. The standard InChI is InChI=1S/C15H19N5O2/c1-16-14(21)12-6-2-3-8-20(12)10-13-18-19-15(22-13)11-5-4-7-17-9-11/h4-5,7,9,12H,2-3,6,8,10H2,1H3,(H,16,21)/t12-/m1/s1. The lowest BCUT2D eigenvalue weighted by Crippen LogP contribution is -2.48. The Balaban J connectivity index is 1.72. The van der Waals surface area contributed by atoms with E-state index >= 15 is 0 Å². The van der Waals surface area contributed by atoms with Crippen molar-refractivity contribution in [1.82, 2.24) is 25.4 Å². The lowest BCUT2D eigenvalue weighted by atomic mass is 10.0. The van der Waals surface area contributed by atoms with E-state index in [0.717, 1.165) is 31.4 Å². The van der Waals surface area contributed by atoms with Crippen molar-refractivity contribution in [2.45, 2.75) is 31.8 Å². The minimum absolute atomic E-state index is 0.0479. The van der Waals surface area contributed by atoms with Crippen LogP contribution in [0, 0.1) is 0 Å². The van der Waals surface area contributed by atoms with Gasteiger partial charge in [0.05, 0.1) is 18.2 Å². The molecule has 0 bridgehead atoms. The number of pyridine rings is 1. The summed E-state index contributed by atoms with van der Waals surface area (Å²) in [5, 5.41) is 10.9. The van der Waals surface area contributed by atoms with Gasteiger partial charge < -0.3 is 9.73 Å². The van der Waals surface area contributed by atoms with Crippen LogP contribution < -0.4 is 5.32 Å². The minimum Gasteiger partial charge on any atom is -0.419 e. The molecule has 2 aromatic heterocycles. The van der Waals surface area contributed by atoms with Gasteiger partial charge in [0.1, 0.15) is 0 Å². The van der Waals surface area contributed by atoms with E-state index in [1.165, 1.54) is 0 Å². The SMILES string of the molecule is CNC(=O)[C@H]1CCCCN1Cc1nnc(-c2cccnc2)o1. The molecular weight excluding hydrogens is 282 g/mol. The highest BCUT2D eigenvalue weighted by Gasteiger charge is 2.29. The van der Waals surface area contributed by atoms with Gasteiger partial charge in [-0.05, 0) is 31.5 Å². The molecule has 3 heterocycles. The molecule has 1 N–H and O–H groups in total. The molecule has 2 aromatic rings. The van der Waals surface area contributed by atoms with Crippen LogP contribution in [-0.2, 0) is 11.3 Å². The molecule has 1 atom stereocenters. The Morgan fingerprint density at radius 3 is 3.14 bits per heavy atom. The molecule has 22 heavy (non-hydrogen) atoms. The van der Waals surface area contributed by atoms with Crippen molar-refractivity contribution in [3.05, 3.63) is 30.4 Å². The molecule has 116 valence electrons. The average Bonchev–Trinajstić information content (AvgIpc) is 3.04. The van der Waals surface area contributed by atoms with Crippen LogP contribution in [-0.4, -0.2) is 45.6 Å². The molecule has 0 radical (unpaired) electrons. The lowest BCUT2D eigenvalue weighted by molar-refractivity contribution is -0.127. The van der Waals surface area contributed by atoms with E-state index in [4.69, 9.17) is 4.42 Å². The smallest absolute Gasteiger partial charge is 0.249 e. The van der Waals surface area contributed by atoms with Crippen molar-refractivity contribution in [2.75, 3.05) is 13.6 Å². The third-order valence-electron chi connectivity index (χ3n) is 3.88. The summed E-state index contributed by atoms with van der Waals surface area (Å²) in [6.45, 7) is 1.36. The molecule has 0 aliphatic carbocycles. The van der Waals surface area contributed by atoms with Crippen molar-refractivity contribution in [1.29, 1.82) is 0 Å². The second kappa shape index (κ2) is 6.65. The van der Waals surface area contributed by atoms with Crippen molar-refractivity contribution in [2.24, 2.45) is 0 Å². The quantitative estimate of drug-likeness (QED) is 0.914. The molecule has 1 fully saturated rings. The van der Waals surface area contributed by atoms with Crippen molar-refractivity contribution in [3.63, 3.8) is 0 Å². The van der Waals surface area contributed by atoms with Crippen LogP contribution in [0.15, 0.2) is 28.9 Å². The lowest BCUT2D eigenvalue weighted by Gasteiger charge is -2.33. The van der Waals surface area contributed by atoms with E-state index in [0.29, 0.717) is 18.3 Å². The minimum atomic E-state index is -0.118. The zero-order valence-electron chi connectivity index (χ0n) is 12.5. The Morgan fingerprint density at radius 2 is 2.36 bits per heavy atom. The summed E-state index contributed by atoms with van der Waals surface area (Å²) >= 11 is 0. The predicted molar refractivity (Wildman–Crippen MR) is 79.6 cm³/mol. The highest BCUT2D eigenvalue weighted by atomic mass is 16.4. The van der Waals surface area contributed by atoms with E-state index < -0.39 is 0 Å². The molecule has 1 aliphatic rings. The van der Waals surface area contributed by atoms with Gasteiger partial charge in [-0.2, -0.15) is 0 Å². The Bertz CT molecular complexity index is 628. The average molecular weight is 301 g/mol. The summed E-state index contributed by atoms with van der Waals surface area (Å²) in [6, 6.07) is 3.58. The number of carbonyl (C=O) groups is 1. The molecule has 0 aromatic carbocycles. The summed E-state index contributed by atoms with van der Waals surface area (Å²) < 4.78 is 5.70. The number of nitrogens with zero attached hydrogens (tertiary/aromatic N) is 4. The van der Waals surface area contributed by atoms with Gasteiger partial charge in [0.25, 0.3) is 0 Å². The van der Waals surface area contributed by atoms with Crippen LogP contribution in [0.2, 0.25) is 0 Å². The zero-order chi connectivity index (χ0) is 15.4. The first-order chi connectivity index (χ1) is 10.8. The first kappa shape index (κ1) is 14.6. The number of likely N-dealkylation sites (tertiary alicyclic amines) is 1. The number of likely N-dealkylation sites (N-methyl/N-ethyl adjacent to an activating group) is 1. The number of hydrogen-bond acceptors (Lipinski definition) is 6. The maximum atomic E-state index is 12.0. The van der Waals surface area contributed by atoms with Gasteiger partial charge in [-0.15, -0.1) is 10.2 Å². The Labute approximate surface area is 128 Å². The molecule has 0 spiro atoms. The maximum Gasteiger partial charge on any atom is 0.249 e. The van der Waals surface area contributed by atoms with Crippen LogP contribution in [0.25, 0.3) is 11.5 Å². The van der Waals surface area contributed by atoms with E-state index in [9.17, 15) is 4.79 Å². The number of nitrogens with one attached hydrogen (secondary N) is 1. The van der Waals surface area contributed by atoms with Gasteiger partial charge in [-0.25, -0.2) is 0 Å². The number of aromatic nitrogens is 3. The van der Waals surface area contributed by atoms with Crippen LogP contribution in [0.3, 0.4) is 0 Å². The first-order valence-corrected chi connectivity index (χ1v) is 7.46. The van der Waals surface area contributed by atoms with Crippen LogP contribution in [0.1, 0.15) is 25.2 Å². The summed E-state index contributed by atoms with van der Waals surface area (Å²) in [7, 11) is 1.67. The fourth-order valence-corrected chi connectivity index (χ4v) is 2.74. The Kier molecular flexibility index (Phi) is 4.43. The fourth-order valence-electron chi connectivity index (χ4n) is 2.74. The monoisotopic (exact) mass is 301 g/mol. The van der Waals surface area contributed by atoms with E-state index in [1.807, 2.05) is 12.1 Å². The zero-order valence-corrected chi connectivity index (χ0v) is 12.5. The van der Waals surface area contributed by atoms with Crippen molar-refractivity contribution >= 4 is 5.91 Å². The van der Waals surface area contributed by atoms with Crippen molar-refractivity contribution in [3.8, 4) is 11.5 Å². The maximum absolute atomic E-state index is 12.0. The number of carbonyl (C=O) groups excluding carboxylic acids is 1. The Hall–Kier alpha value is -2.28. The second-order valence-corrected chi connectivity index (χ2v) is 5.34. The summed E-state index contributed by atoms with van der Waals surface area (Å²) in [4.78, 5) is 18.1. The highest BCUT2D eigenvalue weighted by molar-refractivity contribution is 5.81. The number of rotatable bonds is 4. The van der Waals surface area contributed by atoms with Gasteiger partial charge in [0, 0.05) is 19.4 Å². The van der Waals surface area contributed by atoms with Gasteiger partial charge in [0.2, 0.25) is 17.7 Å². The third kappa shape index (κ3) is 3.14. The normalized spacial score (nSPS) is 19.0. The van der Waals surface area contributed by atoms with Gasteiger partial charge in [-0.3, -0.25) is 14.7 Å². The van der Waals surface area contributed by atoms with Gasteiger partial charge in [0.15, 0.2) is 0 Å². The molecule has 3 rings (SSSR count). The third-order valence-corrected chi connectivity index (χ3v) is 3.88. The summed E-state index contributed by atoms with van der Waals surface area (Å²) in [5.41, 5.74) is 0.794. The molecular formula is C15H19N5O2. The molecule has 0 saturated carbocycles. The van der Waals surface area contributed by atoms with Crippen LogP contribution in [0.4, 0.5) is 0 Å². The summed E-state index contributed by atoms with van der Waals surface area (Å²) in [6.07, 6.45) is 6.40. The van der Waals surface area contributed by atoms with Gasteiger partial charge in [-0.1, -0.05) is 6.42 Å². The van der Waals surface area contributed by atoms with Crippen LogP contribution in [0.5, 0.6) is 0 Å². The highest BCUT2D eigenvalue weighted by Crippen LogP contribution is 2.21. The molecule has 0 unspecified atom stereocenters. The van der Waals surface area contributed by atoms with Crippen LogP contribution >= 0.6 is 0 Å². The van der Waals surface area contributed by atoms with E-state index in [-0.39, 0.29) is 11.9 Å². The Morgan fingerprint density at radius 1 is 1.45 bits per heavy atom. The number of piperidine rings is 1. The summed E-state index contributed by atoms with van der Waals surface area (Å²) in [5.74, 6) is 1.03. The number of hydrogen-bond donors (Lipinski definition) is 1. The first-order valence-electron chi connectivity index (χ1n) is 7.46. The molecule has 1 amide bonds. The molecule has 7 heteroatoms. The molecule has 1 aliphatic heterocycles. The van der Waals surface area contributed by atoms with Crippen molar-refractivity contribution < 1.29 is 9.21 Å². The predicted octanol–water partition coefficient (Wildman–Crippen LogP) is 1.23. The largest absolute Gasteiger partial charge is 0.419 e. The molecule has 1 saturated heterocycles. The fraction of sp³-hybridized carbons (Fsp3) is 0.467. The van der Waals surface area contributed by atoms with Gasteiger partial charge >= 0.3 is 0 Å². The van der Waals surface area contributed by atoms with E-state index in [1.54, 1.807) is 19.4 Å². The number of amides is 1.